The molecule has 0 radical (unpaired) electrons. The fourth-order valence-corrected chi connectivity index (χ4v) is 3.59. The normalized spacial score (nSPS) is 16.5. The Morgan fingerprint density at radius 1 is 1.34 bits per heavy atom. The Labute approximate surface area is 174 Å². The third-order valence-electron chi connectivity index (χ3n) is 4.99. The van der Waals surface area contributed by atoms with Gasteiger partial charge in [0.2, 0.25) is 5.78 Å². The molecule has 5 nitrogen and oxygen atoms in total. The van der Waals surface area contributed by atoms with Crippen LogP contribution in [-0.2, 0) is 20.8 Å². The quantitative estimate of drug-likeness (QED) is 0.376. The smallest absolute Gasteiger partial charge is 0.331 e. The minimum absolute atomic E-state index is 0.0333. The van der Waals surface area contributed by atoms with Crippen molar-refractivity contribution in [3.8, 4) is 0 Å². The van der Waals surface area contributed by atoms with Gasteiger partial charge in [-0.2, -0.15) is 0 Å². The van der Waals surface area contributed by atoms with Crippen LogP contribution >= 0.6 is 11.6 Å². The highest BCUT2D eigenvalue weighted by Crippen LogP contribution is 2.21. The lowest BCUT2D eigenvalue weighted by Gasteiger charge is -2.14. The molecule has 0 bridgehead atoms. The Hall–Kier alpha value is -2.44. The number of benzene rings is 1. The summed E-state index contributed by atoms with van der Waals surface area (Å²) in [5, 5.41) is -0.0333. The highest BCUT2D eigenvalue weighted by molar-refractivity contribution is 6.30. The molecule has 7 heteroatoms. The second kappa shape index (κ2) is 9.37. The van der Waals surface area contributed by atoms with E-state index in [-0.39, 0.29) is 23.5 Å². The predicted octanol–water partition coefficient (Wildman–Crippen LogP) is 4.52. The summed E-state index contributed by atoms with van der Waals surface area (Å²) in [7, 11) is 0. The van der Waals surface area contributed by atoms with Crippen LogP contribution < -0.4 is 0 Å². The number of hydrogen-bond acceptors (Lipinski definition) is 4. The van der Waals surface area contributed by atoms with E-state index >= 15 is 0 Å². The molecule has 0 spiro atoms. The number of ether oxygens (including phenoxy) is 2. The maximum Gasteiger partial charge on any atom is 0.331 e. The number of rotatable bonds is 7. The van der Waals surface area contributed by atoms with Gasteiger partial charge in [-0.25, -0.2) is 9.18 Å². The van der Waals surface area contributed by atoms with Crippen molar-refractivity contribution in [1.82, 2.24) is 4.57 Å². The van der Waals surface area contributed by atoms with Gasteiger partial charge in [0.15, 0.2) is 6.61 Å². The van der Waals surface area contributed by atoms with Gasteiger partial charge in [-0.15, -0.1) is 0 Å². The van der Waals surface area contributed by atoms with Crippen LogP contribution in [0.2, 0.25) is 5.02 Å². The first-order chi connectivity index (χ1) is 13.8. The van der Waals surface area contributed by atoms with Crippen LogP contribution in [0.5, 0.6) is 0 Å². The fourth-order valence-electron chi connectivity index (χ4n) is 3.40. The monoisotopic (exact) mass is 419 g/mol. The second-order valence-corrected chi connectivity index (χ2v) is 7.48. The van der Waals surface area contributed by atoms with Gasteiger partial charge >= 0.3 is 5.97 Å². The summed E-state index contributed by atoms with van der Waals surface area (Å²) in [6.45, 7) is 4.98. The molecule has 1 aromatic carbocycles. The molecule has 0 amide bonds. The number of carbonyl (C=O) groups excluding carboxylic acids is 2. The summed E-state index contributed by atoms with van der Waals surface area (Å²) < 4.78 is 26.0. The summed E-state index contributed by atoms with van der Waals surface area (Å²) in [5.74, 6) is -1.45. The van der Waals surface area contributed by atoms with Crippen molar-refractivity contribution >= 4 is 29.4 Å². The molecule has 1 aromatic heterocycles. The number of hydrogen-bond donors (Lipinski definition) is 0. The minimum Gasteiger partial charge on any atom is -0.454 e. The van der Waals surface area contributed by atoms with Gasteiger partial charge < -0.3 is 14.0 Å². The highest BCUT2D eigenvalue weighted by atomic mass is 35.5. The van der Waals surface area contributed by atoms with Crippen LogP contribution in [0.15, 0.2) is 30.3 Å². The molecule has 0 saturated carbocycles. The lowest BCUT2D eigenvalue weighted by molar-refractivity contribution is -0.136. The van der Waals surface area contributed by atoms with Crippen molar-refractivity contribution in [2.45, 2.75) is 39.3 Å². The third kappa shape index (κ3) is 5.34. The van der Waals surface area contributed by atoms with Crippen LogP contribution in [0.1, 0.15) is 40.2 Å². The van der Waals surface area contributed by atoms with E-state index in [0.717, 1.165) is 30.8 Å². The van der Waals surface area contributed by atoms with Gasteiger partial charge in [0.1, 0.15) is 5.82 Å². The van der Waals surface area contributed by atoms with Gasteiger partial charge in [0, 0.05) is 36.2 Å². The number of carbonyl (C=O) groups is 2. The zero-order valence-electron chi connectivity index (χ0n) is 16.4. The molecule has 0 aliphatic carbocycles. The first kappa shape index (κ1) is 21.3. The molecule has 2 aromatic rings. The molecule has 0 N–H and O–H groups in total. The van der Waals surface area contributed by atoms with Crippen molar-refractivity contribution < 1.29 is 23.5 Å². The lowest BCUT2D eigenvalue weighted by Crippen LogP contribution is -2.18. The summed E-state index contributed by atoms with van der Waals surface area (Å²) in [5.41, 5.74) is 2.91. The van der Waals surface area contributed by atoms with Crippen LogP contribution in [0.4, 0.5) is 4.39 Å². The molecule has 1 aliphatic rings. The number of ketones is 1. The van der Waals surface area contributed by atoms with E-state index in [1.54, 1.807) is 0 Å². The van der Waals surface area contributed by atoms with Gasteiger partial charge in [-0.1, -0.05) is 17.7 Å². The molecule has 29 heavy (non-hydrogen) atoms. The minimum atomic E-state index is -0.660. The summed E-state index contributed by atoms with van der Waals surface area (Å²) in [6.07, 6.45) is 4.88. The number of halogens is 2. The topological polar surface area (TPSA) is 57.5 Å². The second-order valence-electron chi connectivity index (χ2n) is 7.07. The largest absolute Gasteiger partial charge is 0.454 e. The molecule has 2 heterocycles. The van der Waals surface area contributed by atoms with E-state index < -0.39 is 11.8 Å². The molecule has 0 unspecified atom stereocenters. The number of aromatic nitrogens is 1. The van der Waals surface area contributed by atoms with Gasteiger partial charge in [-0.05, 0) is 56.5 Å². The van der Waals surface area contributed by atoms with E-state index in [2.05, 4.69) is 4.57 Å². The zero-order valence-corrected chi connectivity index (χ0v) is 17.2. The average molecular weight is 420 g/mol. The van der Waals surface area contributed by atoms with E-state index in [4.69, 9.17) is 21.1 Å². The maximum absolute atomic E-state index is 13.2. The predicted molar refractivity (Wildman–Crippen MR) is 109 cm³/mol. The Bertz CT molecular complexity index is 945. The molecular formula is C22H23ClFNO4. The highest BCUT2D eigenvalue weighted by Gasteiger charge is 2.21. The Morgan fingerprint density at radius 2 is 2.14 bits per heavy atom. The summed E-state index contributed by atoms with van der Waals surface area (Å²) in [4.78, 5) is 24.4. The van der Waals surface area contributed by atoms with Gasteiger partial charge in [-0.3, -0.25) is 4.79 Å². The number of nitrogens with zero attached hydrogens (tertiary/aromatic N) is 1. The van der Waals surface area contributed by atoms with Crippen molar-refractivity contribution in [1.29, 1.82) is 0 Å². The van der Waals surface area contributed by atoms with Crippen LogP contribution in [0.25, 0.3) is 6.08 Å². The van der Waals surface area contributed by atoms with E-state index in [1.807, 2.05) is 19.9 Å². The Morgan fingerprint density at radius 3 is 2.83 bits per heavy atom. The van der Waals surface area contributed by atoms with Crippen molar-refractivity contribution in [2.24, 2.45) is 0 Å². The van der Waals surface area contributed by atoms with E-state index in [9.17, 15) is 14.0 Å². The molecule has 1 atom stereocenters. The van der Waals surface area contributed by atoms with Crippen LogP contribution in [0.3, 0.4) is 0 Å². The molecular weight excluding hydrogens is 397 g/mol. The average Bonchev–Trinajstić information content (AvgIpc) is 3.31. The number of aryl methyl sites for hydroxylation is 1. The third-order valence-corrected chi connectivity index (χ3v) is 5.27. The molecule has 1 saturated heterocycles. The van der Waals surface area contributed by atoms with Gasteiger partial charge in [0.25, 0.3) is 0 Å². The Kier molecular flexibility index (Phi) is 6.87. The summed E-state index contributed by atoms with van der Waals surface area (Å²) >= 11 is 5.70. The SMILES string of the molecule is Cc1cc(C(=O)COC(=O)/C=C/c2ccc(F)c(Cl)c2)c(C)n1C[C@H]1CCCO1. The number of Topliss-reactive ketones (excluding diaryl/α,β-unsaturated/α-hetero) is 1. The first-order valence-corrected chi connectivity index (χ1v) is 9.84. The van der Waals surface area contributed by atoms with Crippen LogP contribution in [-0.4, -0.2) is 35.6 Å². The maximum atomic E-state index is 13.2. The first-order valence-electron chi connectivity index (χ1n) is 9.46. The molecule has 1 aliphatic heterocycles. The van der Waals surface area contributed by atoms with Crippen molar-refractivity contribution in [3.63, 3.8) is 0 Å². The standard InChI is InChI=1S/C22H23ClFNO4/c1-14-10-18(15(2)25(14)12-17-4-3-9-28-17)21(26)13-29-22(27)8-6-16-5-7-20(24)19(23)11-16/h5-8,10-11,17H,3-4,9,12-13H2,1-2H3/b8-6+/t17-/m1/s1. The molecule has 1 fully saturated rings. The zero-order chi connectivity index (χ0) is 21.0. The molecule has 3 rings (SSSR count). The summed E-state index contributed by atoms with van der Waals surface area (Å²) in [6, 6.07) is 5.91. The van der Waals surface area contributed by atoms with Gasteiger partial charge in [0.05, 0.1) is 11.1 Å². The van der Waals surface area contributed by atoms with E-state index in [0.29, 0.717) is 17.7 Å². The van der Waals surface area contributed by atoms with E-state index in [1.165, 1.54) is 30.4 Å². The van der Waals surface area contributed by atoms with Crippen molar-refractivity contribution in [2.75, 3.05) is 13.2 Å². The molecule has 154 valence electrons. The van der Waals surface area contributed by atoms with Crippen molar-refractivity contribution in [3.05, 3.63) is 63.7 Å². The number of esters is 1. The van der Waals surface area contributed by atoms with Crippen LogP contribution in [0, 0.1) is 19.7 Å². The fraction of sp³-hybridized carbons (Fsp3) is 0.364. The Balaban J connectivity index is 1.58. The lowest BCUT2D eigenvalue weighted by atomic mass is 10.1.